The number of aromatic nitrogens is 3. The van der Waals surface area contributed by atoms with Crippen molar-refractivity contribution in [2.24, 2.45) is 0 Å². The van der Waals surface area contributed by atoms with E-state index in [0.29, 0.717) is 16.3 Å². The summed E-state index contributed by atoms with van der Waals surface area (Å²) < 4.78 is 38.6. The number of thiazole rings is 1. The molecule has 142 valence electrons. The maximum atomic E-state index is 12.6. The number of amides is 1. The van der Waals surface area contributed by atoms with Crippen LogP contribution in [-0.2, 0) is 17.9 Å². The van der Waals surface area contributed by atoms with Gasteiger partial charge in [-0.1, -0.05) is 0 Å². The summed E-state index contributed by atoms with van der Waals surface area (Å²) in [6, 6.07) is 0. The number of aromatic carboxylic acids is 1. The number of carbonyl (C=O) groups excluding carboxylic acids is 1. The fourth-order valence-electron chi connectivity index (χ4n) is 2.60. The van der Waals surface area contributed by atoms with E-state index in [-0.39, 0.29) is 17.9 Å². The van der Waals surface area contributed by atoms with E-state index in [1.54, 1.807) is 13.8 Å². The van der Waals surface area contributed by atoms with Crippen LogP contribution in [0.4, 0.5) is 13.2 Å². The Morgan fingerprint density at radius 2 is 2.04 bits per heavy atom. The highest BCUT2D eigenvalue weighted by Crippen LogP contribution is 2.26. The van der Waals surface area contributed by atoms with Crippen molar-refractivity contribution in [3.63, 3.8) is 0 Å². The number of nitrogens with zero attached hydrogens (tertiary/aromatic N) is 3. The van der Waals surface area contributed by atoms with E-state index in [1.165, 1.54) is 12.3 Å². The quantitative estimate of drug-likeness (QED) is 0.790. The van der Waals surface area contributed by atoms with Gasteiger partial charge in [0.25, 0.3) is 0 Å². The molecule has 0 bridgehead atoms. The Balaban J connectivity index is 2.08. The second kappa shape index (κ2) is 7.44. The van der Waals surface area contributed by atoms with Crippen LogP contribution in [0, 0.1) is 13.8 Å². The van der Waals surface area contributed by atoms with Gasteiger partial charge in [0, 0.05) is 16.6 Å². The zero-order chi connectivity index (χ0) is 19.6. The SMILES string of the molecule is Cc1nn(CC(F)(F)F)c(C)c1C(C)C(=O)NCc1nc(C(=O)O)cs1. The van der Waals surface area contributed by atoms with Crippen molar-refractivity contribution in [2.75, 3.05) is 0 Å². The number of carbonyl (C=O) groups is 2. The van der Waals surface area contributed by atoms with E-state index in [4.69, 9.17) is 5.11 Å². The zero-order valence-corrected chi connectivity index (χ0v) is 15.0. The number of carboxylic acids is 1. The number of aryl methyl sites for hydroxylation is 1. The predicted octanol–water partition coefficient (Wildman–Crippen LogP) is 2.64. The summed E-state index contributed by atoms with van der Waals surface area (Å²) in [5.41, 5.74) is 0.978. The lowest BCUT2D eigenvalue weighted by atomic mass is 9.98. The van der Waals surface area contributed by atoms with Crippen molar-refractivity contribution in [3.8, 4) is 0 Å². The van der Waals surface area contributed by atoms with Gasteiger partial charge in [-0.3, -0.25) is 9.48 Å². The van der Waals surface area contributed by atoms with Crippen LogP contribution >= 0.6 is 11.3 Å². The van der Waals surface area contributed by atoms with Gasteiger partial charge in [0.2, 0.25) is 5.91 Å². The Bertz CT molecular complexity index is 829. The van der Waals surface area contributed by atoms with Gasteiger partial charge >= 0.3 is 12.1 Å². The van der Waals surface area contributed by atoms with Gasteiger partial charge in [-0.25, -0.2) is 9.78 Å². The number of hydrogen-bond acceptors (Lipinski definition) is 5. The van der Waals surface area contributed by atoms with Gasteiger partial charge in [0.1, 0.15) is 11.6 Å². The highest BCUT2D eigenvalue weighted by Gasteiger charge is 2.31. The Labute approximate surface area is 150 Å². The van der Waals surface area contributed by atoms with Gasteiger partial charge < -0.3 is 10.4 Å². The Kier molecular flexibility index (Phi) is 5.69. The minimum absolute atomic E-state index is 0.0376. The van der Waals surface area contributed by atoms with Crippen molar-refractivity contribution in [1.82, 2.24) is 20.1 Å². The van der Waals surface area contributed by atoms with Crippen molar-refractivity contribution in [3.05, 3.63) is 33.0 Å². The minimum Gasteiger partial charge on any atom is -0.476 e. The molecule has 0 aromatic carbocycles. The molecule has 0 saturated carbocycles. The van der Waals surface area contributed by atoms with E-state index < -0.39 is 30.5 Å². The summed E-state index contributed by atoms with van der Waals surface area (Å²) in [7, 11) is 0. The van der Waals surface area contributed by atoms with Crippen molar-refractivity contribution >= 4 is 23.2 Å². The van der Waals surface area contributed by atoms with Crippen molar-refractivity contribution < 1.29 is 27.9 Å². The van der Waals surface area contributed by atoms with Crippen LogP contribution in [0.5, 0.6) is 0 Å². The summed E-state index contributed by atoms with van der Waals surface area (Å²) in [5.74, 6) is -2.28. The van der Waals surface area contributed by atoms with E-state index in [2.05, 4.69) is 15.4 Å². The summed E-state index contributed by atoms with van der Waals surface area (Å²) in [5, 5.41) is 17.1. The molecule has 1 unspecified atom stereocenters. The molecule has 0 aliphatic heterocycles. The van der Waals surface area contributed by atoms with Crippen LogP contribution in [0.3, 0.4) is 0 Å². The van der Waals surface area contributed by atoms with Crippen molar-refractivity contribution in [2.45, 2.75) is 46.0 Å². The molecule has 0 spiro atoms. The van der Waals surface area contributed by atoms with Crippen LogP contribution in [0.2, 0.25) is 0 Å². The van der Waals surface area contributed by atoms with Gasteiger partial charge in [-0.15, -0.1) is 11.3 Å². The molecule has 0 radical (unpaired) electrons. The fourth-order valence-corrected chi connectivity index (χ4v) is 3.31. The number of rotatable bonds is 6. The average molecular weight is 390 g/mol. The first-order valence-electron chi connectivity index (χ1n) is 7.55. The second-order valence-electron chi connectivity index (χ2n) is 5.73. The molecular formula is C15H17F3N4O3S. The lowest BCUT2D eigenvalue weighted by Crippen LogP contribution is -2.28. The predicted molar refractivity (Wildman–Crippen MR) is 87.1 cm³/mol. The number of nitrogens with one attached hydrogen (secondary N) is 1. The molecule has 11 heteroatoms. The minimum atomic E-state index is -4.40. The third-order valence-electron chi connectivity index (χ3n) is 3.78. The van der Waals surface area contributed by atoms with Gasteiger partial charge in [0.15, 0.2) is 5.69 Å². The molecular weight excluding hydrogens is 373 g/mol. The topological polar surface area (TPSA) is 97.1 Å². The number of alkyl halides is 3. The van der Waals surface area contributed by atoms with Crippen LogP contribution < -0.4 is 5.32 Å². The maximum Gasteiger partial charge on any atom is 0.408 e. The smallest absolute Gasteiger partial charge is 0.408 e. The largest absolute Gasteiger partial charge is 0.476 e. The summed E-state index contributed by atoms with van der Waals surface area (Å²) in [6.45, 7) is 3.44. The Morgan fingerprint density at radius 3 is 2.58 bits per heavy atom. The molecule has 1 amide bonds. The maximum absolute atomic E-state index is 12.6. The second-order valence-corrected chi connectivity index (χ2v) is 6.67. The average Bonchev–Trinajstić information content (AvgIpc) is 3.08. The molecule has 2 rings (SSSR count). The van der Waals surface area contributed by atoms with E-state index in [0.717, 1.165) is 16.0 Å². The highest BCUT2D eigenvalue weighted by molar-refractivity contribution is 7.09. The van der Waals surface area contributed by atoms with Crippen molar-refractivity contribution in [1.29, 1.82) is 0 Å². The number of halogens is 3. The molecule has 0 saturated heterocycles. The summed E-state index contributed by atoms with van der Waals surface area (Å²) in [6.07, 6.45) is -4.40. The van der Waals surface area contributed by atoms with E-state index >= 15 is 0 Å². The molecule has 0 aliphatic carbocycles. The molecule has 0 fully saturated rings. The van der Waals surface area contributed by atoms with Crippen LogP contribution in [0.15, 0.2) is 5.38 Å². The highest BCUT2D eigenvalue weighted by atomic mass is 32.1. The molecule has 2 N–H and O–H groups in total. The third-order valence-corrected chi connectivity index (χ3v) is 4.63. The van der Waals surface area contributed by atoms with Crippen LogP contribution in [0.1, 0.15) is 45.3 Å². The molecule has 2 heterocycles. The zero-order valence-electron chi connectivity index (χ0n) is 14.2. The van der Waals surface area contributed by atoms with Crippen LogP contribution in [-0.4, -0.2) is 37.9 Å². The Hall–Kier alpha value is -2.43. The molecule has 2 aromatic rings. The van der Waals surface area contributed by atoms with E-state index in [9.17, 15) is 22.8 Å². The van der Waals surface area contributed by atoms with Gasteiger partial charge in [0.05, 0.1) is 18.2 Å². The first-order chi connectivity index (χ1) is 12.0. The third kappa shape index (κ3) is 4.59. The van der Waals surface area contributed by atoms with E-state index in [1.807, 2.05) is 0 Å². The summed E-state index contributed by atoms with van der Waals surface area (Å²) in [4.78, 5) is 27.0. The molecule has 26 heavy (non-hydrogen) atoms. The van der Waals surface area contributed by atoms with Gasteiger partial charge in [-0.2, -0.15) is 18.3 Å². The number of hydrogen-bond donors (Lipinski definition) is 2. The number of carboxylic acid groups (broad SMARTS) is 1. The summed E-state index contributed by atoms with van der Waals surface area (Å²) >= 11 is 1.10. The molecule has 0 aliphatic rings. The molecule has 1 atom stereocenters. The fraction of sp³-hybridized carbons (Fsp3) is 0.467. The normalized spacial score (nSPS) is 12.8. The standard InChI is InChI=1S/C15H17F3N4O3S/c1-7(12-8(2)21-22(9(12)3)6-15(16,17)18)13(23)19-4-11-20-10(5-26-11)14(24)25/h5,7H,4,6H2,1-3H3,(H,19,23)(H,24,25). The first-order valence-corrected chi connectivity index (χ1v) is 8.43. The lowest BCUT2D eigenvalue weighted by Gasteiger charge is -2.13. The first kappa shape index (κ1) is 19.9. The lowest BCUT2D eigenvalue weighted by molar-refractivity contribution is -0.143. The monoisotopic (exact) mass is 390 g/mol. The molecule has 7 nitrogen and oxygen atoms in total. The van der Waals surface area contributed by atoms with Gasteiger partial charge in [-0.05, 0) is 20.8 Å². The molecule has 2 aromatic heterocycles. The Morgan fingerprint density at radius 1 is 1.38 bits per heavy atom. The van der Waals surface area contributed by atoms with Crippen LogP contribution in [0.25, 0.3) is 0 Å².